The predicted octanol–water partition coefficient (Wildman–Crippen LogP) is 2.26. The van der Waals surface area contributed by atoms with Crippen LogP contribution in [0.15, 0.2) is 48.5 Å². The van der Waals surface area contributed by atoms with Crippen molar-refractivity contribution in [2.45, 2.75) is 13.0 Å². The van der Waals surface area contributed by atoms with Crippen molar-refractivity contribution in [1.82, 2.24) is 10.2 Å². The molecule has 24 heavy (non-hydrogen) atoms. The van der Waals surface area contributed by atoms with Crippen LogP contribution in [-0.2, 0) is 17.8 Å². The standard InChI is InChI=1S/C19H22N2O3/c1-21(2)19(23)16-6-4-5-15(11-16)13-20-18(22)12-14-7-9-17(24-3)10-8-14/h4-11H,12-13H2,1-3H3,(H,20,22). The predicted molar refractivity (Wildman–Crippen MR) is 93.0 cm³/mol. The first-order valence-corrected chi connectivity index (χ1v) is 7.70. The molecule has 0 atom stereocenters. The molecule has 0 saturated carbocycles. The highest BCUT2D eigenvalue weighted by Gasteiger charge is 2.09. The molecule has 0 bridgehead atoms. The van der Waals surface area contributed by atoms with Crippen LogP contribution in [0.25, 0.3) is 0 Å². The van der Waals surface area contributed by atoms with E-state index in [1.165, 1.54) is 4.90 Å². The Hall–Kier alpha value is -2.82. The van der Waals surface area contributed by atoms with Crippen molar-refractivity contribution in [2.75, 3.05) is 21.2 Å². The fraction of sp³-hybridized carbons (Fsp3) is 0.263. The van der Waals surface area contributed by atoms with Gasteiger partial charge in [-0.25, -0.2) is 0 Å². The molecule has 0 aromatic heterocycles. The number of nitrogens with one attached hydrogen (secondary N) is 1. The molecule has 0 aliphatic carbocycles. The normalized spacial score (nSPS) is 10.1. The van der Waals surface area contributed by atoms with Crippen LogP contribution in [-0.4, -0.2) is 37.9 Å². The van der Waals surface area contributed by atoms with E-state index in [1.807, 2.05) is 36.4 Å². The second-order valence-electron chi connectivity index (χ2n) is 5.70. The molecule has 0 spiro atoms. The Morgan fingerprint density at radius 2 is 1.75 bits per heavy atom. The topological polar surface area (TPSA) is 58.6 Å². The van der Waals surface area contributed by atoms with Crippen molar-refractivity contribution in [3.8, 4) is 5.75 Å². The van der Waals surface area contributed by atoms with Crippen LogP contribution in [0, 0.1) is 0 Å². The zero-order valence-electron chi connectivity index (χ0n) is 14.2. The smallest absolute Gasteiger partial charge is 0.253 e. The first-order valence-electron chi connectivity index (χ1n) is 7.70. The highest BCUT2D eigenvalue weighted by atomic mass is 16.5. The van der Waals surface area contributed by atoms with E-state index >= 15 is 0 Å². The lowest BCUT2D eigenvalue weighted by molar-refractivity contribution is -0.120. The van der Waals surface area contributed by atoms with Crippen LogP contribution in [0.1, 0.15) is 21.5 Å². The molecule has 126 valence electrons. The number of methoxy groups -OCH3 is 1. The number of carbonyl (C=O) groups excluding carboxylic acids is 2. The summed E-state index contributed by atoms with van der Waals surface area (Å²) >= 11 is 0. The monoisotopic (exact) mass is 326 g/mol. The van der Waals surface area contributed by atoms with Crippen LogP contribution < -0.4 is 10.1 Å². The Morgan fingerprint density at radius 1 is 1.04 bits per heavy atom. The maximum Gasteiger partial charge on any atom is 0.253 e. The molecule has 1 N–H and O–H groups in total. The first kappa shape index (κ1) is 17.5. The van der Waals surface area contributed by atoms with Crippen LogP contribution >= 0.6 is 0 Å². The number of rotatable bonds is 6. The van der Waals surface area contributed by atoms with E-state index in [-0.39, 0.29) is 11.8 Å². The number of hydrogen-bond donors (Lipinski definition) is 1. The third-order valence-electron chi connectivity index (χ3n) is 3.59. The van der Waals surface area contributed by atoms with E-state index in [0.29, 0.717) is 18.5 Å². The molecule has 2 rings (SSSR count). The summed E-state index contributed by atoms with van der Waals surface area (Å²) in [6.45, 7) is 0.392. The first-order chi connectivity index (χ1) is 11.5. The van der Waals surface area contributed by atoms with Crippen LogP contribution in [0.5, 0.6) is 5.75 Å². The fourth-order valence-electron chi connectivity index (χ4n) is 2.26. The molecule has 0 saturated heterocycles. The van der Waals surface area contributed by atoms with Crippen molar-refractivity contribution >= 4 is 11.8 Å². The summed E-state index contributed by atoms with van der Waals surface area (Å²) in [5.41, 5.74) is 2.43. The largest absolute Gasteiger partial charge is 0.497 e. The summed E-state index contributed by atoms with van der Waals surface area (Å²) in [6.07, 6.45) is 0.306. The van der Waals surface area contributed by atoms with E-state index < -0.39 is 0 Å². The molecule has 0 aliphatic rings. The maximum absolute atomic E-state index is 12.0. The molecule has 2 aromatic carbocycles. The van der Waals surface area contributed by atoms with Gasteiger partial charge in [-0.15, -0.1) is 0 Å². The van der Waals surface area contributed by atoms with Gasteiger partial charge < -0.3 is 15.0 Å². The van der Waals surface area contributed by atoms with E-state index in [9.17, 15) is 9.59 Å². The molecule has 2 amide bonds. The zero-order valence-corrected chi connectivity index (χ0v) is 14.2. The third-order valence-corrected chi connectivity index (χ3v) is 3.59. The zero-order chi connectivity index (χ0) is 17.5. The molecule has 5 heteroatoms. The second kappa shape index (κ2) is 8.15. The van der Waals surface area contributed by atoms with Crippen molar-refractivity contribution in [2.24, 2.45) is 0 Å². The van der Waals surface area contributed by atoms with Gasteiger partial charge >= 0.3 is 0 Å². The van der Waals surface area contributed by atoms with Crippen LogP contribution in [0.3, 0.4) is 0 Å². The van der Waals surface area contributed by atoms with Crippen molar-refractivity contribution in [3.05, 3.63) is 65.2 Å². The highest BCUT2D eigenvalue weighted by Crippen LogP contribution is 2.12. The Bertz CT molecular complexity index is 709. The Kier molecular flexibility index (Phi) is 5.95. The molecular weight excluding hydrogens is 304 g/mol. The van der Waals surface area contributed by atoms with Crippen molar-refractivity contribution in [1.29, 1.82) is 0 Å². The number of amides is 2. The Balaban J connectivity index is 1.91. The van der Waals surface area contributed by atoms with Gasteiger partial charge in [-0.05, 0) is 35.4 Å². The summed E-state index contributed by atoms with van der Waals surface area (Å²) in [5, 5.41) is 2.88. The number of carbonyl (C=O) groups is 2. The second-order valence-corrected chi connectivity index (χ2v) is 5.70. The number of ether oxygens (including phenoxy) is 1. The summed E-state index contributed by atoms with van der Waals surface area (Å²) < 4.78 is 5.10. The van der Waals surface area contributed by atoms with Gasteiger partial charge in [0.05, 0.1) is 13.5 Å². The Labute approximate surface area is 142 Å². The van der Waals surface area contributed by atoms with Crippen LogP contribution in [0.4, 0.5) is 0 Å². The van der Waals surface area contributed by atoms with Gasteiger partial charge in [0.15, 0.2) is 0 Å². The van der Waals surface area contributed by atoms with E-state index in [2.05, 4.69) is 5.32 Å². The lowest BCUT2D eigenvalue weighted by Gasteiger charge is -2.11. The van der Waals surface area contributed by atoms with Gasteiger partial charge in [0.2, 0.25) is 5.91 Å². The fourth-order valence-corrected chi connectivity index (χ4v) is 2.26. The average Bonchev–Trinajstić information content (AvgIpc) is 2.60. The quantitative estimate of drug-likeness (QED) is 0.886. The number of hydrogen-bond acceptors (Lipinski definition) is 3. The minimum atomic E-state index is -0.0653. The molecule has 0 aliphatic heterocycles. The van der Waals surface area contributed by atoms with Gasteiger partial charge in [-0.1, -0.05) is 24.3 Å². The third kappa shape index (κ3) is 4.84. The minimum absolute atomic E-state index is 0.0543. The molecule has 0 unspecified atom stereocenters. The highest BCUT2D eigenvalue weighted by molar-refractivity contribution is 5.94. The van der Waals surface area contributed by atoms with Crippen molar-refractivity contribution < 1.29 is 14.3 Å². The van der Waals surface area contributed by atoms with E-state index in [4.69, 9.17) is 4.74 Å². The lowest BCUT2D eigenvalue weighted by Crippen LogP contribution is -2.25. The summed E-state index contributed by atoms with van der Waals surface area (Å²) in [7, 11) is 5.04. The summed E-state index contributed by atoms with van der Waals surface area (Å²) in [5.74, 6) is 0.646. The lowest BCUT2D eigenvalue weighted by atomic mass is 10.1. The van der Waals surface area contributed by atoms with E-state index in [1.54, 1.807) is 33.3 Å². The minimum Gasteiger partial charge on any atom is -0.497 e. The van der Waals surface area contributed by atoms with Crippen molar-refractivity contribution in [3.63, 3.8) is 0 Å². The Morgan fingerprint density at radius 3 is 2.38 bits per heavy atom. The van der Waals surface area contributed by atoms with E-state index in [0.717, 1.165) is 16.9 Å². The summed E-state index contributed by atoms with van der Waals surface area (Å²) in [6, 6.07) is 14.7. The molecule has 2 aromatic rings. The van der Waals surface area contributed by atoms with Gasteiger partial charge in [0.1, 0.15) is 5.75 Å². The molecule has 0 heterocycles. The molecule has 5 nitrogen and oxygen atoms in total. The number of benzene rings is 2. The van der Waals surface area contributed by atoms with Gasteiger partial charge in [-0.2, -0.15) is 0 Å². The van der Waals surface area contributed by atoms with Crippen LogP contribution in [0.2, 0.25) is 0 Å². The molecular formula is C19H22N2O3. The van der Waals surface area contributed by atoms with Gasteiger partial charge in [-0.3, -0.25) is 9.59 Å². The summed E-state index contributed by atoms with van der Waals surface area (Å²) in [4.78, 5) is 25.5. The maximum atomic E-state index is 12.0. The van der Waals surface area contributed by atoms with Gasteiger partial charge in [0.25, 0.3) is 5.91 Å². The SMILES string of the molecule is COc1ccc(CC(=O)NCc2cccc(C(=O)N(C)C)c2)cc1. The number of nitrogens with zero attached hydrogens (tertiary/aromatic N) is 1. The van der Waals surface area contributed by atoms with Gasteiger partial charge in [0, 0.05) is 26.2 Å². The molecule has 0 radical (unpaired) electrons. The average molecular weight is 326 g/mol. The molecule has 0 fully saturated rings.